The average Bonchev–Trinajstić information content (AvgIpc) is 3.16. The summed E-state index contributed by atoms with van der Waals surface area (Å²) < 4.78 is 0. The molecule has 3 N–H and O–H groups in total. The highest BCUT2D eigenvalue weighted by Gasteiger charge is 2.45. The van der Waals surface area contributed by atoms with Crippen molar-refractivity contribution in [3.05, 3.63) is 35.9 Å². The van der Waals surface area contributed by atoms with Crippen molar-refractivity contribution in [3.8, 4) is 0 Å². The molecule has 6 nitrogen and oxygen atoms in total. The van der Waals surface area contributed by atoms with Gasteiger partial charge in [-0.3, -0.25) is 9.69 Å². The maximum Gasteiger partial charge on any atom is 0.404 e. The summed E-state index contributed by atoms with van der Waals surface area (Å²) in [5.74, 6) is 1.05. The van der Waals surface area contributed by atoms with E-state index in [9.17, 15) is 9.59 Å². The highest BCUT2D eigenvalue weighted by Crippen LogP contribution is 2.39. The molecule has 0 radical (unpaired) electrons. The highest BCUT2D eigenvalue weighted by molar-refractivity contribution is 5.83. The first-order chi connectivity index (χ1) is 12.8. The van der Waals surface area contributed by atoms with Gasteiger partial charge in [-0.2, -0.15) is 0 Å². The molecule has 1 saturated carbocycles. The van der Waals surface area contributed by atoms with Gasteiger partial charge >= 0.3 is 6.09 Å². The van der Waals surface area contributed by atoms with Gasteiger partial charge in [0.15, 0.2) is 0 Å². The molecule has 0 aromatic heterocycles. The van der Waals surface area contributed by atoms with Crippen molar-refractivity contribution in [1.82, 2.24) is 15.5 Å². The third-order valence-electron chi connectivity index (χ3n) is 6.51. The molecule has 0 unspecified atom stereocenters. The van der Waals surface area contributed by atoms with Crippen molar-refractivity contribution >= 4 is 12.0 Å². The van der Waals surface area contributed by atoms with Crippen molar-refractivity contribution < 1.29 is 14.7 Å². The largest absolute Gasteiger partial charge is 0.465 e. The number of carbonyl (C=O) groups is 2. The Kier molecular flexibility index (Phi) is 5.75. The smallest absolute Gasteiger partial charge is 0.404 e. The van der Waals surface area contributed by atoms with Crippen molar-refractivity contribution in [2.45, 2.75) is 52.2 Å². The predicted molar refractivity (Wildman–Crippen MR) is 104 cm³/mol. The van der Waals surface area contributed by atoms with Gasteiger partial charge < -0.3 is 15.7 Å². The number of hydrogen-bond donors (Lipinski definition) is 3. The third-order valence-corrected chi connectivity index (χ3v) is 6.51. The zero-order chi connectivity index (χ0) is 19.6. The number of rotatable bonds is 6. The summed E-state index contributed by atoms with van der Waals surface area (Å²) in [5.41, 5.74) is 0.534. The van der Waals surface area contributed by atoms with E-state index in [0.29, 0.717) is 11.8 Å². The number of carboxylic acid groups (broad SMARTS) is 1. The summed E-state index contributed by atoms with van der Waals surface area (Å²) in [4.78, 5) is 26.2. The second-order valence-electron chi connectivity index (χ2n) is 8.65. The van der Waals surface area contributed by atoms with Crippen LogP contribution in [0.15, 0.2) is 30.3 Å². The molecule has 3 rings (SSSR count). The molecule has 1 aliphatic heterocycles. The number of benzene rings is 1. The van der Waals surface area contributed by atoms with Gasteiger partial charge in [0.25, 0.3) is 0 Å². The molecule has 1 aliphatic carbocycles. The topological polar surface area (TPSA) is 81.7 Å². The Labute approximate surface area is 161 Å². The van der Waals surface area contributed by atoms with Crippen LogP contribution in [0.2, 0.25) is 0 Å². The van der Waals surface area contributed by atoms with Gasteiger partial charge in [0, 0.05) is 31.7 Å². The van der Waals surface area contributed by atoms with Crippen molar-refractivity contribution in [3.63, 3.8) is 0 Å². The number of carbonyl (C=O) groups excluding carboxylic acids is 1. The Morgan fingerprint density at radius 3 is 2.59 bits per heavy atom. The fraction of sp³-hybridized carbons (Fsp3) is 0.619. The highest BCUT2D eigenvalue weighted by atomic mass is 16.4. The van der Waals surface area contributed by atoms with Crippen molar-refractivity contribution in [2.75, 3.05) is 13.1 Å². The van der Waals surface area contributed by atoms with E-state index in [0.717, 1.165) is 32.5 Å². The van der Waals surface area contributed by atoms with Crippen molar-refractivity contribution in [1.29, 1.82) is 0 Å². The number of hydrogen-bond acceptors (Lipinski definition) is 3. The number of nitrogens with one attached hydrogen (secondary N) is 2. The summed E-state index contributed by atoms with van der Waals surface area (Å²) in [6.07, 6.45) is 1.05. The number of likely N-dealkylation sites (tertiary alicyclic amines) is 1. The van der Waals surface area contributed by atoms with Gasteiger partial charge in [0.1, 0.15) is 0 Å². The van der Waals surface area contributed by atoms with Crippen LogP contribution in [-0.4, -0.2) is 47.2 Å². The normalized spacial score (nSPS) is 26.4. The molecule has 2 fully saturated rings. The third kappa shape index (κ3) is 4.43. The molecule has 1 aromatic carbocycles. The standard InChI is InChI=1S/C21H31N3O3/c1-14(22-20(26)27)21(2,3)19(25)23-18-10-9-16-12-24(13-17(16)18)11-15-7-5-4-6-8-15/h4-8,14,16-18,22H,9-13H2,1-3H3,(H,23,25)(H,26,27)/t14-,16+,17-,18-/m0/s1. The number of fused-ring (bicyclic) bond motifs is 1. The second-order valence-corrected chi connectivity index (χ2v) is 8.65. The molecular formula is C21H31N3O3. The van der Waals surface area contributed by atoms with E-state index in [2.05, 4.69) is 39.8 Å². The SMILES string of the molecule is C[C@H](NC(=O)O)C(C)(C)C(=O)N[C@H]1CC[C@@H]2CN(Cc3ccccc3)C[C@@H]21. The number of nitrogens with zero attached hydrogens (tertiary/aromatic N) is 1. The Bertz CT molecular complexity index is 677. The lowest BCUT2D eigenvalue weighted by molar-refractivity contribution is -0.131. The van der Waals surface area contributed by atoms with Gasteiger partial charge in [-0.25, -0.2) is 4.79 Å². The van der Waals surface area contributed by atoms with E-state index in [1.807, 2.05) is 6.07 Å². The van der Waals surface area contributed by atoms with E-state index in [1.54, 1.807) is 20.8 Å². The first-order valence-electron chi connectivity index (χ1n) is 9.84. The lowest BCUT2D eigenvalue weighted by atomic mass is 9.83. The predicted octanol–water partition coefficient (Wildman–Crippen LogP) is 2.70. The van der Waals surface area contributed by atoms with Crippen LogP contribution in [0, 0.1) is 17.3 Å². The van der Waals surface area contributed by atoms with Gasteiger partial charge in [-0.1, -0.05) is 30.3 Å². The minimum Gasteiger partial charge on any atom is -0.465 e. The lowest BCUT2D eigenvalue weighted by Gasteiger charge is -2.32. The quantitative estimate of drug-likeness (QED) is 0.716. The minimum absolute atomic E-state index is 0.0732. The molecule has 1 saturated heterocycles. The van der Waals surface area contributed by atoms with Gasteiger partial charge in [-0.15, -0.1) is 0 Å². The van der Waals surface area contributed by atoms with E-state index in [4.69, 9.17) is 5.11 Å². The number of amides is 2. The zero-order valence-electron chi connectivity index (χ0n) is 16.4. The van der Waals surface area contributed by atoms with Gasteiger partial charge in [0.05, 0.1) is 5.41 Å². The fourth-order valence-electron chi connectivity index (χ4n) is 4.42. The Balaban J connectivity index is 1.57. The monoisotopic (exact) mass is 373 g/mol. The summed E-state index contributed by atoms with van der Waals surface area (Å²) in [6.45, 7) is 8.39. The molecule has 0 spiro atoms. The molecule has 2 amide bonds. The zero-order valence-corrected chi connectivity index (χ0v) is 16.4. The van der Waals surface area contributed by atoms with Crippen LogP contribution < -0.4 is 10.6 Å². The van der Waals surface area contributed by atoms with E-state index >= 15 is 0 Å². The molecule has 1 aromatic rings. The molecule has 148 valence electrons. The molecule has 0 bridgehead atoms. The van der Waals surface area contributed by atoms with E-state index < -0.39 is 17.6 Å². The first kappa shape index (κ1) is 19.7. The average molecular weight is 373 g/mol. The Hall–Kier alpha value is -2.08. The van der Waals surface area contributed by atoms with E-state index in [1.165, 1.54) is 5.56 Å². The fourth-order valence-corrected chi connectivity index (χ4v) is 4.42. The molecule has 6 heteroatoms. The van der Waals surface area contributed by atoms with E-state index in [-0.39, 0.29) is 11.9 Å². The molecule has 27 heavy (non-hydrogen) atoms. The molecular weight excluding hydrogens is 342 g/mol. The lowest BCUT2D eigenvalue weighted by Crippen LogP contribution is -2.53. The van der Waals surface area contributed by atoms with Crippen LogP contribution in [-0.2, 0) is 11.3 Å². The summed E-state index contributed by atoms with van der Waals surface area (Å²) in [6, 6.07) is 10.2. The Morgan fingerprint density at radius 2 is 1.93 bits per heavy atom. The summed E-state index contributed by atoms with van der Waals surface area (Å²) in [7, 11) is 0. The molecule has 2 aliphatic rings. The maximum atomic E-state index is 12.8. The van der Waals surface area contributed by atoms with Gasteiger partial charge in [0.2, 0.25) is 5.91 Å². The van der Waals surface area contributed by atoms with Crippen LogP contribution in [0.1, 0.15) is 39.2 Å². The van der Waals surface area contributed by atoms with Crippen molar-refractivity contribution in [2.24, 2.45) is 17.3 Å². The van der Waals surface area contributed by atoms with Crippen LogP contribution in [0.3, 0.4) is 0 Å². The van der Waals surface area contributed by atoms with Gasteiger partial charge in [-0.05, 0) is 51.0 Å². The van der Waals surface area contributed by atoms with Crippen LogP contribution in [0.5, 0.6) is 0 Å². The summed E-state index contributed by atoms with van der Waals surface area (Å²) in [5, 5.41) is 14.6. The summed E-state index contributed by atoms with van der Waals surface area (Å²) >= 11 is 0. The second kappa shape index (κ2) is 7.89. The Morgan fingerprint density at radius 1 is 1.22 bits per heavy atom. The van der Waals surface area contributed by atoms with Crippen LogP contribution in [0.4, 0.5) is 4.79 Å². The molecule has 4 atom stereocenters. The minimum atomic E-state index is -1.10. The first-order valence-corrected chi connectivity index (χ1v) is 9.84. The van der Waals surface area contributed by atoms with Crippen LogP contribution in [0.25, 0.3) is 0 Å². The molecule has 1 heterocycles. The maximum absolute atomic E-state index is 12.8. The van der Waals surface area contributed by atoms with Crippen LogP contribution >= 0.6 is 0 Å².